The largest absolute Gasteiger partial charge is 0.409 e. The van der Waals surface area contributed by atoms with E-state index in [4.69, 9.17) is 10.9 Å². The molecule has 0 aliphatic carbocycles. The van der Waals surface area contributed by atoms with Crippen LogP contribution in [-0.4, -0.2) is 26.9 Å². The number of nitrogens with one attached hydrogen (secondary N) is 2. The Morgan fingerprint density at radius 1 is 1.81 bits per heavy atom. The molecule has 0 saturated carbocycles. The van der Waals surface area contributed by atoms with Crippen molar-refractivity contribution in [2.75, 3.05) is 0 Å². The summed E-state index contributed by atoms with van der Waals surface area (Å²) in [6.45, 7) is 2.13. The van der Waals surface area contributed by atoms with E-state index in [1.165, 1.54) is 6.33 Å². The highest BCUT2D eigenvalue weighted by molar-refractivity contribution is 6.01. The first-order valence-corrected chi connectivity index (χ1v) is 4.91. The second-order valence-corrected chi connectivity index (χ2v) is 3.28. The number of aromatic amines is 1. The van der Waals surface area contributed by atoms with Gasteiger partial charge in [-0.15, -0.1) is 0 Å². The molecule has 1 rings (SSSR count). The Morgan fingerprint density at radius 2 is 2.56 bits per heavy atom. The second kappa shape index (κ2) is 5.74. The standard InChI is InChI=1S/C9H15N5O2/c1-2-7(8(10)14-16)9(15)12-4-6-3-11-5-13-6/h3,5,7,16H,2,4H2,1H3,(H2,10,14)(H,11,13)(H,12,15). The van der Waals surface area contributed by atoms with Crippen LogP contribution in [0.4, 0.5) is 0 Å². The Labute approximate surface area is 92.7 Å². The van der Waals surface area contributed by atoms with Crippen LogP contribution in [0, 0.1) is 5.92 Å². The topological polar surface area (TPSA) is 116 Å². The zero-order valence-corrected chi connectivity index (χ0v) is 8.97. The van der Waals surface area contributed by atoms with E-state index in [1.807, 2.05) is 0 Å². The number of nitrogens with zero attached hydrogens (tertiary/aromatic N) is 2. The first-order valence-electron chi connectivity index (χ1n) is 4.91. The summed E-state index contributed by atoms with van der Waals surface area (Å²) in [5.41, 5.74) is 6.19. The zero-order chi connectivity index (χ0) is 12.0. The number of carbonyl (C=O) groups is 1. The summed E-state index contributed by atoms with van der Waals surface area (Å²) in [4.78, 5) is 18.3. The molecule has 5 N–H and O–H groups in total. The lowest BCUT2D eigenvalue weighted by molar-refractivity contribution is -0.123. The van der Waals surface area contributed by atoms with Crippen molar-refractivity contribution in [3.63, 3.8) is 0 Å². The summed E-state index contributed by atoms with van der Waals surface area (Å²) >= 11 is 0. The fourth-order valence-corrected chi connectivity index (χ4v) is 1.29. The molecule has 0 aliphatic rings. The van der Waals surface area contributed by atoms with Gasteiger partial charge in [-0.3, -0.25) is 4.79 Å². The van der Waals surface area contributed by atoms with Gasteiger partial charge < -0.3 is 21.2 Å². The number of nitrogens with two attached hydrogens (primary N) is 1. The number of rotatable bonds is 5. The summed E-state index contributed by atoms with van der Waals surface area (Å²) in [7, 11) is 0. The number of carbonyl (C=O) groups excluding carboxylic acids is 1. The molecular weight excluding hydrogens is 210 g/mol. The third-order valence-electron chi connectivity index (χ3n) is 2.21. The number of amides is 1. The van der Waals surface area contributed by atoms with E-state index in [0.717, 1.165) is 5.69 Å². The Balaban J connectivity index is 2.50. The van der Waals surface area contributed by atoms with E-state index < -0.39 is 5.92 Å². The Hall–Kier alpha value is -2.05. The number of hydrogen-bond acceptors (Lipinski definition) is 4. The molecule has 0 aliphatic heterocycles. The van der Waals surface area contributed by atoms with E-state index >= 15 is 0 Å². The van der Waals surface area contributed by atoms with Crippen molar-refractivity contribution in [2.24, 2.45) is 16.8 Å². The van der Waals surface area contributed by atoms with Crippen molar-refractivity contribution >= 4 is 11.7 Å². The van der Waals surface area contributed by atoms with Gasteiger partial charge in [0.2, 0.25) is 5.91 Å². The van der Waals surface area contributed by atoms with Crippen LogP contribution in [0.3, 0.4) is 0 Å². The van der Waals surface area contributed by atoms with Gasteiger partial charge in [0.15, 0.2) is 5.84 Å². The minimum absolute atomic E-state index is 0.0791. The Bertz CT molecular complexity index is 360. The van der Waals surface area contributed by atoms with Gasteiger partial charge in [-0.05, 0) is 6.42 Å². The lowest BCUT2D eigenvalue weighted by atomic mass is 10.0. The molecule has 0 fully saturated rings. The van der Waals surface area contributed by atoms with Gasteiger partial charge in [0.25, 0.3) is 0 Å². The van der Waals surface area contributed by atoms with E-state index in [2.05, 4.69) is 20.4 Å². The average Bonchev–Trinajstić information content (AvgIpc) is 2.79. The lowest BCUT2D eigenvalue weighted by Crippen LogP contribution is -2.38. The molecule has 7 heteroatoms. The molecule has 0 saturated heterocycles. The van der Waals surface area contributed by atoms with Crippen molar-refractivity contribution in [3.8, 4) is 0 Å². The van der Waals surface area contributed by atoms with E-state index in [0.29, 0.717) is 13.0 Å². The van der Waals surface area contributed by atoms with Crippen LogP contribution < -0.4 is 11.1 Å². The van der Waals surface area contributed by atoms with E-state index in [-0.39, 0.29) is 11.7 Å². The Kier molecular flexibility index (Phi) is 4.31. The smallest absolute Gasteiger partial charge is 0.231 e. The molecular formula is C9H15N5O2. The monoisotopic (exact) mass is 225 g/mol. The molecule has 16 heavy (non-hydrogen) atoms. The van der Waals surface area contributed by atoms with Crippen molar-refractivity contribution in [2.45, 2.75) is 19.9 Å². The van der Waals surface area contributed by atoms with E-state index in [9.17, 15) is 4.79 Å². The van der Waals surface area contributed by atoms with Gasteiger partial charge >= 0.3 is 0 Å². The van der Waals surface area contributed by atoms with Crippen molar-refractivity contribution in [1.29, 1.82) is 0 Å². The molecule has 1 heterocycles. The molecule has 0 spiro atoms. The predicted molar refractivity (Wildman–Crippen MR) is 57.6 cm³/mol. The molecule has 0 radical (unpaired) electrons. The molecule has 0 aromatic carbocycles. The van der Waals surface area contributed by atoms with Gasteiger partial charge in [-0.2, -0.15) is 0 Å². The first kappa shape index (κ1) is 12.0. The normalized spacial score (nSPS) is 13.4. The molecule has 1 amide bonds. The van der Waals surface area contributed by atoms with Gasteiger partial charge in [0.05, 0.1) is 24.5 Å². The quantitative estimate of drug-likeness (QED) is 0.240. The number of oxime groups is 1. The zero-order valence-electron chi connectivity index (χ0n) is 8.97. The van der Waals surface area contributed by atoms with Crippen molar-refractivity contribution < 1.29 is 10.0 Å². The summed E-state index contributed by atoms with van der Waals surface area (Å²) in [6, 6.07) is 0. The highest BCUT2D eigenvalue weighted by atomic mass is 16.4. The maximum atomic E-state index is 11.7. The van der Waals surface area contributed by atoms with E-state index in [1.54, 1.807) is 13.1 Å². The van der Waals surface area contributed by atoms with Crippen LogP contribution in [0.2, 0.25) is 0 Å². The maximum Gasteiger partial charge on any atom is 0.231 e. The highest BCUT2D eigenvalue weighted by Crippen LogP contribution is 2.03. The number of H-pyrrole nitrogens is 1. The molecule has 1 atom stereocenters. The van der Waals surface area contributed by atoms with Crippen LogP contribution >= 0.6 is 0 Å². The minimum Gasteiger partial charge on any atom is -0.409 e. The van der Waals surface area contributed by atoms with Crippen LogP contribution in [0.1, 0.15) is 19.0 Å². The third kappa shape index (κ3) is 2.97. The highest BCUT2D eigenvalue weighted by Gasteiger charge is 2.20. The summed E-state index contributed by atoms with van der Waals surface area (Å²) in [5, 5.41) is 14.0. The molecule has 1 unspecified atom stereocenters. The van der Waals surface area contributed by atoms with Gasteiger partial charge in [0, 0.05) is 6.20 Å². The van der Waals surface area contributed by atoms with Gasteiger partial charge in [-0.25, -0.2) is 4.98 Å². The fraction of sp³-hybridized carbons (Fsp3) is 0.444. The van der Waals surface area contributed by atoms with Crippen molar-refractivity contribution in [3.05, 3.63) is 18.2 Å². The van der Waals surface area contributed by atoms with Gasteiger partial charge in [-0.1, -0.05) is 12.1 Å². The summed E-state index contributed by atoms with van der Waals surface area (Å²) in [5.74, 6) is -0.954. The lowest BCUT2D eigenvalue weighted by Gasteiger charge is -2.12. The maximum absolute atomic E-state index is 11.7. The SMILES string of the molecule is CCC(C(=O)NCc1cnc[nH]1)C(N)=NO. The van der Waals surface area contributed by atoms with Crippen LogP contribution in [0.25, 0.3) is 0 Å². The first-order chi connectivity index (χ1) is 7.69. The average molecular weight is 225 g/mol. The predicted octanol–water partition coefficient (Wildman–Crippen LogP) is -0.201. The number of aromatic nitrogens is 2. The fourth-order valence-electron chi connectivity index (χ4n) is 1.29. The molecule has 88 valence electrons. The summed E-state index contributed by atoms with van der Waals surface area (Å²) < 4.78 is 0. The van der Waals surface area contributed by atoms with Crippen LogP contribution in [-0.2, 0) is 11.3 Å². The minimum atomic E-state index is -0.604. The third-order valence-corrected chi connectivity index (χ3v) is 2.21. The second-order valence-electron chi connectivity index (χ2n) is 3.28. The summed E-state index contributed by atoms with van der Waals surface area (Å²) in [6.07, 6.45) is 3.62. The number of hydrogen-bond donors (Lipinski definition) is 4. The van der Waals surface area contributed by atoms with Crippen LogP contribution in [0.5, 0.6) is 0 Å². The van der Waals surface area contributed by atoms with Crippen molar-refractivity contribution in [1.82, 2.24) is 15.3 Å². The molecule has 0 bridgehead atoms. The number of amidine groups is 1. The van der Waals surface area contributed by atoms with Crippen LogP contribution in [0.15, 0.2) is 17.7 Å². The molecule has 1 aromatic heterocycles. The Morgan fingerprint density at radius 3 is 3.06 bits per heavy atom. The number of imidazole rings is 1. The van der Waals surface area contributed by atoms with Gasteiger partial charge in [0.1, 0.15) is 0 Å². The molecule has 1 aromatic rings. The molecule has 7 nitrogen and oxygen atoms in total.